The summed E-state index contributed by atoms with van der Waals surface area (Å²) in [6.45, 7) is 4.77. The summed E-state index contributed by atoms with van der Waals surface area (Å²) in [7, 11) is 0. The first-order valence-corrected chi connectivity index (χ1v) is 12.9. The summed E-state index contributed by atoms with van der Waals surface area (Å²) in [4.78, 5) is 34.0. The highest BCUT2D eigenvalue weighted by molar-refractivity contribution is 7.99. The number of nitrogens with one attached hydrogen (secondary N) is 2. The molecule has 0 spiro atoms. The summed E-state index contributed by atoms with van der Waals surface area (Å²) in [5.41, 5.74) is 2.04. The quantitative estimate of drug-likeness (QED) is 0.621. The van der Waals surface area contributed by atoms with E-state index in [-0.39, 0.29) is 24.3 Å². The number of hydrogen-bond acceptors (Lipinski definition) is 6. The van der Waals surface area contributed by atoms with Crippen LogP contribution in [-0.2, 0) is 16.1 Å². The maximum absolute atomic E-state index is 12.7. The van der Waals surface area contributed by atoms with E-state index < -0.39 is 0 Å². The number of rotatable bonds is 7. The summed E-state index contributed by atoms with van der Waals surface area (Å²) in [6, 6.07) is 11.5. The lowest BCUT2D eigenvalue weighted by molar-refractivity contribution is -0.123. The molecule has 0 saturated carbocycles. The molecule has 9 heteroatoms. The average molecular weight is 488 g/mol. The second-order valence-electron chi connectivity index (χ2n) is 8.56. The maximum Gasteiger partial charge on any atom is 0.238 e. The van der Waals surface area contributed by atoms with Crippen LogP contribution in [-0.4, -0.2) is 70.8 Å². The summed E-state index contributed by atoms with van der Waals surface area (Å²) in [6.07, 6.45) is 3.19. The monoisotopic (exact) mass is 487 g/mol. The molecule has 2 aliphatic rings. The number of benzene rings is 1. The molecule has 1 aromatic carbocycles. The van der Waals surface area contributed by atoms with Gasteiger partial charge in [0.05, 0.1) is 17.5 Å². The van der Waals surface area contributed by atoms with Gasteiger partial charge in [-0.05, 0) is 49.2 Å². The fraction of sp³-hybridized carbons (Fsp3) is 0.458. The fourth-order valence-corrected chi connectivity index (χ4v) is 5.35. The Morgan fingerprint density at radius 1 is 1.09 bits per heavy atom. The highest BCUT2D eigenvalue weighted by atomic mass is 35.5. The number of anilines is 2. The molecule has 0 radical (unpaired) electrons. The molecule has 3 heterocycles. The van der Waals surface area contributed by atoms with E-state index in [9.17, 15) is 9.59 Å². The van der Waals surface area contributed by atoms with Gasteiger partial charge in [0, 0.05) is 49.6 Å². The molecule has 2 saturated heterocycles. The third kappa shape index (κ3) is 7.43. The Labute approximate surface area is 204 Å². The molecule has 7 nitrogen and oxygen atoms in total. The van der Waals surface area contributed by atoms with Crippen molar-refractivity contribution in [2.75, 3.05) is 54.9 Å². The normalized spacial score (nSPS) is 19.7. The number of piperidine rings is 1. The van der Waals surface area contributed by atoms with Gasteiger partial charge in [-0.15, -0.1) is 0 Å². The van der Waals surface area contributed by atoms with E-state index in [1.165, 1.54) is 23.3 Å². The molecule has 2 fully saturated rings. The number of carbonyl (C=O) groups is 2. The summed E-state index contributed by atoms with van der Waals surface area (Å²) in [5.74, 6) is 2.56. The molecule has 2 amide bonds. The minimum Gasteiger partial charge on any atom is -0.325 e. The highest BCUT2D eigenvalue weighted by Crippen LogP contribution is 2.20. The number of carbonyl (C=O) groups excluding carboxylic acids is 2. The zero-order valence-corrected chi connectivity index (χ0v) is 20.2. The van der Waals surface area contributed by atoms with Gasteiger partial charge in [0.1, 0.15) is 5.82 Å². The first-order chi connectivity index (χ1) is 16.0. The van der Waals surface area contributed by atoms with Gasteiger partial charge in [-0.3, -0.25) is 19.4 Å². The number of pyridine rings is 1. The van der Waals surface area contributed by atoms with Crippen molar-refractivity contribution in [3.8, 4) is 0 Å². The molecule has 2 aromatic rings. The van der Waals surface area contributed by atoms with E-state index in [0.29, 0.717) is 17.4 Å². The van der Waals surface area contributed by atoms with Crippen molar-refractivity contribution in [1.29, 1.82) is 0 Å². The van der Waals surface area contributed by atoms with Crippen molar-refractivity contribution in [3.05, 3.63) is 53.2 Å². The number of thioether (sulfide) groups is 1. The number of hydrogen-bond donors (Lipinski definition) is 2. The third-order valence-electron chi connectivity index (χ3n) is 5.94. The largest absolute Gasteiger partial charge is 0.325 e. The fourth-order valence-electron chi connectivity index (χ4n) is 4.26. The zero-order chi connectivity index (χ0) is 23.0. The number of amides is 2. The standard InChI is InChI=1S/C24H30ClN5O2S/c25-20-6-7-22(26-14-20)28-24(32)19-4-2-8-30(16-19)17-23(31)27-21-5-1-3-18(13-21)15-29-9-11-33-12-10-29/h1,3,5-7,13-14,19H,2,4,8-12,15-17H2,(H,27,31)(H,26,28,32). The van der Waals surface area contributed by atoms with Crippen molar-refractivity contribution in [2.45, 2.75) is 19.4 Å². The molecule has 2 aliphatic heterocycles. The number of likely N-dealkylation sites (tertiary alicyclic amines) is 1. The van der Waals surface area contributed by atoms with Gasteiger partial charge in [0.2, 0.25) is 11.8 Å². The van der Waals surface area contributed by atoms with E-state index in [1.54, 1.807) is 12.1 Å². The van der Waals surface area contributed by atoms with Crippen LogP contribution in [0.3, 0.4) is 0 Å². The summed E-state index contributed by atoms with van der Waals surface area (Å²) < 4.78 is 0. The lowest BCUT2D eigenvalue weighted by Crippen LogP contribution is -2.44. The van der Waals surface area contributed by atoms with Crippen LogP contribution in [0.4, 0.5) is 11.5 Å². The molecule has 33 heavy (non-hydrogen) atoms. The van der Waals surface area contributed by atoms with E-state index in [1.807, 2.05) is 28.8 Å². The van der Waals surface area contributed by atoms with Gasteiger partial charge >= 0.3 is 0 Å². The van der Waals surface area contributed by atoms with Crippen LogP contribution in [0.25, 0.3) is 0 Å². The lowest BCUT2D eigenvalue weighted by Gasteiger charge is -2.31. The van der Waals surface area contributed by atoms with E-state index >= 15 is 0 Å². The van der Waals surface area contributed by atoms with Crippen LogP contribution < -0.4 is 10.6 Å². The SMILES string of the molecule is O=C(CN1CCCC(C(=O)Nc2ccc(Cl)cn2)C1)Nc1cccc(CN2CCSCC2)c1. The topological polar surface area (TPSA) is 77.6 Å². The molecule has 4 rings (SSSR count). The molecular formula is C24H30ClN5O2S. The van der Waals surface area contributed by atoms with Crippen molar-refractivity contribution in [1.82, 2.24) is 14.8 Å². The summed E-state index contributed by atoms with van der Waals surface area (Å²) in [5, 5.41) is 6.41. The average Bonchev–Trinajstić information content (AvgIpc) is 2.81. The minimum absolute atomic E-state index is 0.0538. The van der Waals surface area contributed by atoms with E-state index in [2.05, 4.69) is 32.7 Å². The van der Waals surface area contributed by atoms with Crippen LogP contribution >= 0.6 is 23.4 Å². The smallest absolute Gasteiger partial charge is 0.238 e. The maximum atomic E-state index is 12.7. The Bertz CT molecular complexity index is 952. The van der Waals surface area contributed by atoms with Crippen LogP contribution in [0.5, 0.6) is 0 Å². The van der Waals surface area contributed by atoms with Gasteiger partial charge in [-0.25, -0.2) is 4.98 Å². The molecule has 1 aromatic heterocycles. The van der Waals surface area contributed by atoms with E-state index in [0.717, 1.165) is 44.7 Å². The Hall–Kier alpha value is -2.13. The van der Waals surface area contributed by atoms with Crippen molar-refractivity contribution < 1.29 is 9.59 Å². The van der Waals surface area contributed by atoms with Crippen LogP contribution in [0.2, 0.25) is 5.02 Å². The van der Waals surface area contributed by atoms with Crippen LogP contribution in [0.15, 0.2) is 42.6 Å². The molecule has 1 unspecified atom stereocenters. The van der Waals surface area contributed by atoms with Gasteiger partial charge < -0.3 is 10.6 Å². The van der Waals surface area contributed by atoms with Gasteiger partial charge in [0.15, 0.2) is 0 Å². The third-order valence-corrected chi connectivity index (χ3v) is 7.11. The Kier molecular flexibility index (Phi) is 8.61. The molecule has 0 aliphatic carbocycles. The molecule has 0 bridgehead atoms. The van der Waals surface area contributed by atoms with Gasteiger partial charge in [-0.1, -0.05) is 23.7 Å². The summed E-state index contributed by atoms with van der Waals surface area (Å²) >= 11 is 7.86. The van der Waals surface area contributed by atoms with Crippen LogP contribution in [0, 0.1) is 5.92 Å². The van der Waals surface area contributed by atoms with Crippen molar-refractivity contribution in [3.63, 3.8) is 0 Å². The van der Waals surface area contributed by atoms with Crippen molar-refractivity contribution in [2.24, 2.45) is 5.92 Å². The predicted octanol–water partition coefficient (Wildman–Crippen LogP) is 3.57. The highest BCUT2D eigenvalue weighted by Gasteiger charge is 2.27. The minimum atomic E-state index is -0.171. The first kappa shape index (κ1) is 24.0. The van der Waals surface area contributed by atoms with Crippen LogP contribution in [0.1, 0.15) is 18.4 Å². The molecular weight excluding hydrogens is 458 g/mol. The van der Waals surface area contributed by atoms with E-state index in [4.69, 9.17) is 11.6 Å². The second kappa shape index (κ2) is 11.8. The van der Waals surface area contributed by atoms with Gasteiger partial charge in [0.25, 0.3) is 0 Å². The molecule has 2 N–H and O–H groups in total. The number of halogens is 1. The zero-order valence-electron chi connectivity index (χ0n) is 18.6. The lowest BCUT2D eigenvalue weighted by atomic mass is 9.97. The number of nitrogens with zero attached hydrogens (tertiary/aromatic N) is 3. The Balaban J connectivity index is 1.26. The van der Waals surface area contributed by atoms with Crippen molar-refractivity contribution >= 4 is 46.7 Å². The van der Waals surface area contributed by atoms with Gasteiger partial charge in [-0.2, -0.15) is 11.8 Å². The molecule has 176 valence electrons. The predicted molar refractivity (Wildman–Crippen MR) is 135 cm³/mol. The Morgan fingerprint density at radius 2 is 1.94 bits per heavy atom. The first-order valence-electron chi connectivity index (χ1n) is 11.4. The Morgan fingerprint density at radius 3 is 2.73 bits per heavy atom. The second-order valence-corrected chi connectivity index (χ2v) is 10.2. The number of aromatic nitrogens is 1. The molecule has 1 atom stereocenters.